The van der Waals surface area contributed by atoms with Gasteiger partial charge in [0.15, 0.2) is 0 Å². The second-order valence-corrected chi connectivity index (χ2v) is 5.70. The summed E-state index contributed by atoms with van der Waals surface area (Å²) in [5.41, 5.74) is 0.334. The molecule has 1 nitrogen and oxygen atoms in total. The van der Waals surface area contributed by atoms with Gasteiger partial charge < -0.3 is 0 Å². The van der Waals surface area contributed by atoms with E-state index in [2.05, 4.69) is 0 Å². The second-order valence-electron chi connectivity index (χ2n) is 4.55. The fraction of sp³-hybridized carbons (Fsp3) is 0.462. The standard InChI is InChI=1S/C13H13Cl3O/c14-10-5-4-9(8-11(10)15)13(12(16)17)6-2-1-3-7-13/h4-5,8H,1-3,6-7H2. The van der Waals surface area contributed by atoms with E-state index in [-0.39, 0.29) is 5.24 Å². The van der Waals surface area contributed by atoms with Gasteiger partial charge in [0.1, 0.15) is 0 Å². The van der Waals surface area contributed by atoms with Crippen LogP contribution in [0.4, 0.5) is 0 Å². The lowest BCUT2D eigenvalue weighted by atomic mass is 9.70. The van der Waals surface area contributed by atoms with Crippen molar-refractivity contribution in [3.05, 3.63) is 33.8 Å². The van der Waals surface area contributed by atoms with Crippen molar-refractivity contribution in [2.75, 3.05) is 0 Å². The molecule has 17 heavy (non-hydrogen) atoms. The molecule has 0 radical (unpaired) electrons. The molecule has 4 heteroatoms. The summed E-state index contributed by atoms with van der Waals surface area (Å²) in [5.74, 6) is 0. The molecule has 0 heterocycles. The van der Waals surface area contributed by atoms with E-state index in [1.807, 2.05) is 6.07 Å². The molecule has 1 aliphatic carbocycles. The smallest absolute Gasteiger partial charge is 0.232 e. The molecular weight excluding hydrogens is 279 g/mol. The predicted molar refractivity (Wildman–Crippen MR) is 72.1 cm³/mol. The first-order valence-corrected chi connectivity index (χ1v) is 6.85. The quantitative estimate of drug-likeness (QED) is 0.704. The van der Waals surface area contributed by atoms with Crippen molar-refractivity contribution >= 4 is 40.0 Å². The minimum absolute atomic E-state index is 0.282. The fourth-order valence-electron chi connectivity index (χ4n) is 2.55. The van der Waals surface area contributed by atoms with Gasteiger partial charge in [-0.05, 0) is 42.1 Å². The van der Waals surface area contributed by atoms with Gasteiger partial charge in [0.05, 0.1) is 15.5 Å². The Morgan fingerprint density at radius 1 is 1.06 bits per heavy atom. The third-order valence-corrected chi connectivity index (χ3v) is 4.66. The Labute approximate surface area is 116 Å². The molecule has 0 atom stereocenters. The van der Waals surface area contributed by atoms with Crippen molar-refractivity contribution in [3.63, 3.8) is 0 Å². The number of halogens is 3. The van der Waals surface area contributed by atoms with Crippen LogP contribution in [0.15, 0.2) is 18.2 Å². The zero-order valence-electron chi connectivity index (χ0n) is 9.31. The fourth-order valence-corrected chi connectivity index (χ4v) is 3.14. The van der Waals surface area contributed by atoms with Gasteiger partial charge in [-0.2, -0.15) is 0 Å². The molecule has 1 saturated carbocycles. The number of carbonyl (C=O) groups is 1. The Morgan fingerprint density at radius 2 is 1.71 bits per heavy atom. The van der Waals surface area contributed by atoms with Crippen LogP contribution in [0.5, 0.6) is 0 Å². The van der Waals surface area contributed by atoms with E-state index < -0.39 is 5.41 Å². The number of rotatable bonds is 2. The molecule has 0 saturated heterocycles. The van der Waals surface area contributed by atoms with E-state index in [4.69, 9.17) is 34.8 Å². The van der Waals surface area contributed by atoms with Crippen molar-refractivity contribution < 1.29 is 4.79 Å². The van der Waals surface area contributed by atoms with Crippen LogP contribution in [-0.4, -0.2) is 5.24 Å². The summed E-state index contributed by atoms with van der Waals surface area (Å²) >= 11 is 17.7. The maximum Gasteiger partial charge on any atom is 0.232 e. The molecule has 0 spiro atoms. The van der Waals surface area contributed by atoms with Gasteiger partial charge in [-0.1, -0.05) is 48.5 Å². The van der Waals surface area contributed by atoms with Crippen molar-refractivity contribution in [1.82, 2.24) is 0 Å². The highest BCUT2D eigenvalue weighted by Gasteiger charge is 2.40. The lowest BCUT2D eigenvalue weighted by Crippen LogP contribution is -2.35. The van der Waals surface area contributed by atoms with E-state index in [0.29, 0.717) is 10.0 Å². The lowest BCUT2D eigenvalue weighted by molar-refractivity contribution is -0.117. The van der Waals surface area contributed by atoms with Crippen molar-refractivity contribution in [1.29, 1.82) is 0 Å². The first-order valence-electron chi connectivity index (χ1n) is 5.72. The molecule has 0 aliphatic heterocycles. The van der Waals surface area contributed by atoms with Crippen molar-refractivity contribution in [3.8, 4) is 0 Å². The van der Waals surface area contributed by atoms with Crippen LogP contribution in [0, 0.1) is 0 Å². The van der Waals surface area contributed by atoms with Crippen LogP contribution in [0.3, 0.4) is 0 Å². The van der Waals surface area contributed by atoms with Gasteiger partial charge in [-0.3, -0.25) is 4.79 Å². The number of benzene rings is 1. The van der Waals surface area contributed by atoms with Crippen LogP contribution in [0.1, 0.15) is 37.7 Å². The van der Waals surface area contributed by atoms with Gasteiger partial charge in [-0.25, -0.2) is 0 Å². The first-order chi connectivity index (χ1) is 8.06. The van der Waals surface area contributed by atoms with Gasteiger partial charge in [0.2, 0.25) is 5.24 Å². The number of carbonyl (C=O) groups excluding carboxylic acids is 1. The Kier molecular flexibility index (Phi) is 4.02. The Hall–Kier alpha value is -0.240. The summed E-state index contributed by atoms with van der Waals surface area (Å²) in [4.78, 5) is 11.8. The first kappa shape index (κ1) is 13.2. The molecule has 0 bridgehead atoms. The second kappa shape index (κ2) is 5.17. The molecule has 1 aromatic carbocycles. The van der Waals surface area contributed by atoms with Gasteiger partial charge >= 0.3 is 0 Å². The van der Waals surface area contributed by atoms with Gasteiger partial charge in [0.25, 0.3) is 0 Å². The van der Waals surface area contributed by atoms with Crippen LogP contribution >= 0.6 is 34.8 Å². The minimum Gasteiger partial charge on any atom is -0.280 e. The summed E-state index contributed by atoms with van der Waals surface area (Å²) in [7, 11) is 0. The van der Waals surface area contributed by atoms with Crippen LogP contribution in [-0.2, 0) is 10.2 Å². The third kappa shape index (κ3) is 2.47. The number of hydrogen-bond donors (Lipinski definition) is 0. The summed E-state index contributed by atoms with van der Waals surface area (Å²) in [6.45, 7) is 0. The Balaban J connectivity index is 2.45. The maximum atomic E-state index is 11.8. The van der Waals surface area contributed by atoms with E-state index >= 15 is 0 Å². The molecule has 0 aromatic heterocycles. The highest BCUT2D eigenvalue weighted by atomic mass is 35.5. The van der Waals surface area contributed by atoms with Gasteiger partial charge in [0, 0.05) is 0 Å². The lowest BCUT2D eigenvalue weighted by Gasteiger charge is -2.34. The van der Waals surface area contributed by atoms with Crippen molar-refractivity contribution in [2.45, 2.75) is 37.5 Å². The summed E-state index contributed by atoms with van der Waals surface area (Å²) in [6, 6.07) is 5.37. The maximum absolute atomic E-state index is 11.8. The molecule has 1 aliphatic rings. The van der Waals surface area contributed by atoms with Crippen molar-refractivity contribution in [2.24, 2.45) is 0 Å². The average Bonchev–Trinajstić information content (AvgIpc) is 2.33. The molecule has 0 amide bonds. The molecule has 2 rings (SSSR count). The summed E-state index contributed by atoms with van der Waals surface area (Å²) in [5, 5.41) is 0.700. The Bertz CT molecular complexity index is 436. The van der Waals surface area contributed by atoms with Crippen LogP contribution < -0.4 is 0 Å². The van der Waals surface area contributed by atoms with E-state index in [1.54, 1.807) is 12.1 Å². The van der Waals surface area contributed by atoms with E-state index in [0.717, 1.165) is 37.7 Å². The zero-order valence-corrected chi connectivity index (χ0v) is 11.6. The van der Waals surface area contributed by atoms with Gasteiger partial charge in [-0.15, -0.1) is 0 Å². The molecule has 1 aromatic rings. The molecule has 1 fully saturated rings. The summed E-state index contributed by atoms with van der Waals surface area (Å²) in [6.07, 6.45) is 4.81. The van der Waals surface area contributed by atoms with Crippen LogP contribution in [0.2, 0.25) is 10.0 Å². The third-order valence-electron chi connectivity index (χ3n) is 3.56. The molecular formula is C13H13Cl3O. The molecule has 92 valence electrons. The van der Waals surface area contributed by atoms with E-state index in [1.165, 1.54) is 0 Å². The Morgan fingerprint density at radius 3 is 2.24 bits per heavy atom. The molecule has 0 unspecified atom stereocenters. The zero-order chi connectivity index (χ0) is 12.5. The summed E-state index contributed by atoms with van der Waals surface area (Å²) < 4.78 is 0. The highest BCUT2D eigenvalue weighted by Crippen LogP contribution is 2.42. The normalized spacial score (nSPS) is 19.0. The largest absolute Gasteiger partial charge is 0.280 e. The topological polar surface area (TPSA) is 17.1 Å². The predicted octanol–water partition coefficient (Wildman–Crippen LogP) is 4.96. The van der Waals surface area contributed by atoms with Crippen LogP contribution in [0.25, 0.3) is 0 Å². The average molecular weight is 292 g/mol. The minimum atomic E-state index is -0.561. The SMILES string of the molecule is O=C(Cl)C1(c2ccc(Cl)c(Cl)c2)CCCCC1. The monoisotopic (exact) mass is 290 g/mol. The highest BCUT2D eigenvalue weighted by molar-refractivity contribution is 6.65. The molecule has 0 N–H and O–H groups in total. The van der Waals surface area contributed by atoms with E-state index in [9.17, 15) is 4.79 Å². The number of hydrogen-bond acceptors (Lipinski definition) is 1.